The van der Waals surface area contributed by atoms with Gasteiger partial charge < -0.3 is 29.2 Å². The topological polar surface area (TPSA) is 112 Å². The van der Waals surface area contributed by atoms with Crippen LogP contribution in [0.3, 0.4) is 0 Å². The van der Waals surface area contributed by atoms with Gasteiger partial charge in [-0.05, 0) is 31.0 Å². The fraction of sp³-hybridized carbons (Fsp3) is 0.409. The third-order valence-electron chi connectivity index (χ3n) is 5.45. The maximum absolute atomic E-state index is 13.1. The number of carbonyl (C=O) groups is 1. The molecule has 1 aliphatic rings. The van der Waals surface area contributed by atoms with E-state index >= 15 is 0 Å². The highest BCUT2D eigenvalue weighted by atomic mass is 16.6. The highest BCUT2D eigenvalue weighted by molar-refractivity contribution is 5.95. The fourth-order valence-electron chi connectivity index (χ4n) is 3.76. The van der Waals surface area contributed by atoms with Crippen molar-refractivity contribution >= 4 is 17.3 Å². The van der Waals surface area contributed by atoms with Crippen molar-refractivity contribution < 1.29 is 28.7 Å². The molecule has 10 nitrogen and oxygen atoms in total. The number of non-ortho nitro benzene ring substituents is 1. The van der Waals surface area contributed by atoms with Crippen molar-refractivity contribution in [3.63, 3.8) is 0 Å². The Labute approximate surface area is 186 Å². The zero-order chi connectivity index (χ0) is 23.3. The number of piperidine rings is 1. The van der Waals surface area contributed by atoms with Gasteiger partial charge in [-0.25, -0.2) is 0 Å². The van der Waals surface area contributed by atoms with Gasteiger partial charge in [0.1, 0.15) is 5.75 Å². The number of nitrogens with zero attached hydrogens (tertiary/aromatic N) is 2. The van der Waals surface area contributed by atoms with E-state index in [1.807, 2.05) is 0 Å². The molecule has 172 valence electrons. The van der Waals surface area contributed by atoms with Gasteiger partial charge in [-0.15, -0.1) is 0 Å². The molecule has 0 spiro atoms. The Morgan fingerprint density at radius 1 is 0.969 bits per heavy atom. The van der Waals surface area contributed by atoms with E-state index in [9.17, 15) is 14.9 Å². The van der Waals surface area contributed by atoms with Crippen molar-refractivity contribution in [3.8, 4) is 23.0 Å². The Balaban J connectivity index is 1.69. The van der Waals surface area contributed by atoms with Crippen molar-refractivity contribution in [2.24, 2.45) is 0 Å². The summed E-state index contributed by atoms with van der Waals surface area (Å²) in [6.45, 7) is 1.06. The minimum absolute atomic E-state index is 0.0108. The van der Waals surface area contributed by atoms with Crippen LogP contribution in [0.5, 0.6) is 23.0 Å². The quantitative estimate of drug-likeness (QED) is 0.486. The minimum atomic E-state index is -0.441. The maximum Gasteiger partial charge on any atom is 0.271 e. The molecule has 32 heavy (non-hydrogen) atoms. The molecule has 0 saturated carbocycles. The lowest BCUT2D eigenvalue weighted by Crippen LogP contribution is -2.42. The van der Waals surface area contributed by atoms with Crippen LogP contribution in [-0.2, 0) is 0 Å². The summed E-state index contributed by atoms with van der Waals surface area (Å²) in [5.74, 6) is 1.68. The van der Waals surface area contributed by atoms with Crippen molar-refractivity contribution in [3.05, 3.63) is 46.0 Å². The van der Waals surface area contributed by atoms with Crippen LogP contribution in [0.1, 0.15) is 23.2 Å². The number of hydrogen-bond donors (Lipinski definition) is 1. The van der Waals surface area contributed by atoms with E-state index in [2.05, 4.69) is 5.32 Å². The number of nitro groups is 1. The SMILES string of the molecule is COc1ccc([N+](=O)[O-])cc1NC1CCN(C(=O)c2cc(OC)c(OC)c(OC)c2)CC1. The number of hydrogen-bond acceptors (Lipinski definition) is 8. The second-order valence-corrected chi connectivity index (χ2v) is 7.27. The zero-order valence-electron chi connectivity index (χ0n) is 18.5. The summed E-state index contributed by atoms with van der Waals surface area (Å²) in [5, 5.41) is 14.4. The number of benzene rings is 2. The van der Waals surface area contributed by atoms with Crippen molar-refractivity contribution in [2.45, 2.75) is 18.9 Å². The summed E-state index contributed by atoms with van der Waals surface area (Å²) in [5.41, 5.74) is 1.01. The standard InChI is InChI=1S/C22H27N3O7/c1-29-18-6-5-16(25(27)28)13-17(18)23-15-7-9-24(10-8-15)22(26)14-11-19(30-2)21(32-4)20(12-14)31-3/h5-6,11-13,15,23H,7-10H2,1-4H3. The van der Waals surface area contributed by atoms with Crippen molar-refractivity contribution in [1.29, 1.82) is 0 Å². The van der Waals surface area contributed by atoms with Gasteiger partial charge in [-0.3, -0.25) is 14.9 Å². The van der Waals surface area contributed by atoms with Gasteiger partial charge >= 0.3 is 0 Å². The van der Waals surface area contributed by atoms with Gasteiger partial charge in [0.15, 0.2) is 11.5 Å². The van der Waals surface area contributed by atoms with E-state index in [4.69, 9.17) is 18.9 Å². The van der Waals surface area contributed by atoms with Crippen LogP contribution in [0.2, 0.25) is 0 Å². The summed E-state index contributed by atoms with van der Waals surface area (Å²) in [6, 6.07) is 7.78. The number of nitrogens with one attached hydrogen (secondary N) is 1. The molecular formula is C22H27N3O7. The first-order valence-electron chi connectivity index (χ1n) is 10.1. The van der Waals surface area contributed by atoms with Gasteiger partial charge in [-0.2, -0.15) is 0 Å². The van der Waals surface area contributed by atoms with Gasteiger partial charge in [0.05, 0.1) is 39.0 Å². The molecule has 3 rings (SSSR count). The lowest BCUT2D eigenvalue weighted by molar-refractivity contribution is -0.384. The minimum Gasteiger partial charge on any atom is -0.495 e. The Bertz CT molecular complexity index is 962. The lowest BCUT2D eigenvalue weighted by atomic mass is 10.0. The predicted molar refractivity (Wildman–Crippen MR) is 118 cm³/mol. The van der Waals surface area contributed by atoms with E-state index in [0.29, 0.717) is 60.2 Å². The molecule has 1 N–H and O–H groups in total. The third-order valence-corrected chi connectivity index (χ3v) is 5.45. The molecule has 0 radical (unpaired) electrons. The molecule has 10 heteroatoms. The first-order chi connectivity index (χ1) is 15.4. The summed E-state index contributed by atoms with van der Waals surface area (Å²) < 4.78 is 21.3. The van der Waals surface area contributed by atoms with E-state index in [1.54, 1.807) is 23.1 Å². The number of methoxy groups -OCH3 is 4. The van der Waals surface area contributed by atoms with Gasteiger partial charge in [-0.1, -0.05) is 0 Å². The van der Waals surface area contributed by atoms with Crippen molar-refractivity contribution in [2.75, 3.05) is 46.8 Å². The molecular weight excluding hydrogens is 418 g/mol. The Morgan fingerprint density at radius 3 is 2.06 bits per heavy atom. The largest absolute Gasteiger partial charge is 0.495 e. The normalized spacial score (nSPS) is 13.9. The van der Waals surface area contributed by atoms with E-state index in [0.717, 1.165) is 0 Å². The molecule has 2 aromatic rings. The Hall–Kier alpha value is -3.69. The molecule has 1 saturated heterocycles. The molecule has 1 heterocycles. The van der Waals surface area contributed by atoms with Crippen LogP contribution in [0.25, 0.3) is 0 Å². The van der Waals surface area contributed by atoms with Gasteiger partial charge in [0.2, 0.25) is 5.75 Å². The summed E-state index contributed by atoms with van der Waals surface area (Å²) >= 11 is 0. The number of anilines is 1. The number of rotatable bonds is 8. The molecule has 0 bridgehead atoms. The van der Waals surface area contributed by atoms with Crippen LogP contribution >= 0.6 is 0 Å². The number of nitro benzene ring substituents is 1. The smallest absolute Gasteiger partial charge is 0.271 e. The number of carbonyl (C=O) groups excluding carboxylic acids is 1. The first kappa shape index (κ1) is 23.0. The summed E-state index contributed by atoms with van der Waals surface area (Å²) in [6.07, 6.45) is 1.37. The van der Waals surface area contributed by atoms with E-state index in [1.165, 1.54) is 40.6 Å². The predicted octanol–water partition coefficient (Wildman–Crippen LogP) is 3.35. The first-order valence-corrected chi connectivity index (χ1v) is 10.1. The summed E-state index contributed by atoms with van der Waals surface area (Å²) in [7, 11) is 6.04. The Kier molecular flexibility index (Phi) is 7.24. The second kappa shape index (κ2) is 10.1. The van der Waals surface area contributed by atoms with Crippen LogP contribution < -0.4 is 24.3 Å². The number of amides is 1. The van der Waals surface area contributed by atoms with E-state index < -0.39 is 4.92 Å². The van der Waals surface area contributed by atoms with E-state index in [-0.39, 0.29) is 17.6 Å². The van der Waals surface area contributed by atoms with Crippen LogP contribution in [0.4, 0.5) is 11.4 Å². The van der Waals surface area contributed by atoms with Crippen LogP contribution in [-0.4, -0.2) is 63.3 Å². The van der Waals surface area contributed by atoms with Crippen LogP contribution in [0, 0.1) is 10.1 Å². The third kappa shape index (κ3) is 4.79. The fourth-order valence-corrected chi connectivity index (χ4v) is 3.76. The highest BCUT2D eigenvalue weighted by Crippen LogP contribution is 2.38. The molecule has 1 aliphatic heterocycles. The van der Waals surface area contributed by atoms with Crippen molar-refractivity contribution in [1.82, 2.24) is 4.90 Å². The average molecular weight is 445 g/mol. The highest BCUT2D eigenvalue weighted by Gasteiger charge is 2.26. The lowest BCUT2D eigenvalue weighted by Gasteiger charge is -2.33. The molecule has 0 atom stereocenters. The molecule has 0 aliphatic carbocycles. The number of likely N-dealkylation sites (tertiary alicyclic amines) is 1. The monoisotopic (exact) mass is 445 g/mol. The average Bonchev–Trinajstić information content (AvgIpc) is 2.82. The van der Waals surface area contributed by atoms with Crippen LogP contribution in [0.15, 0.2) is 30.3 Å². The molecule has 1 fully saturated rings. The zero-order valence-corrected chi connectivity index (χ0v) is 18.5. The second-order valence-electron chi connectivity index (χ2n) is 7.27. The number of ether oxygens (including phenoxy) is 4. The molecule has 0 unspecified atom stereocenters. The molecule has 2 aromatic carbocycles. The van der Waals surface area contributed by atoms with Gasteiger partial charge in [0, 0.05) is 36.8 Å². The molecule has 0 aromatic heterocycles. The summed E-state index contributed by atoms with van der Waals surface area (Å²) in [4.78, 5) is 25.5. The van der Waals surface area contributed by atoms with Gasteiger partial charge in [0.25, 0.3) is 11.6 Å². The Morgan fingerprint density at radius 2 is 1.56 bits per heavy atom. The molecule has 1 amide bonds. The maximum atomic E-state index is 13.1.